The van der Waals surface area contributed by atoms with Crippen LogP contribution in [0.1, 0.15) is 24.5 Å². The minimum Gasteiger partial charge on any atom is -0.241 e. The molecular weight excluding hydrogens is 302 g/mol. The average molecular weight is 320 g/mol. The highest BCUT2D eigenvalue weighted by atomic mass is 32.1. The van der Waals surface area contributed by atoms with E-state index in [0.717, 1.165) is 10.7 Å². The zero-order valence-corrected chi connectivity index (χ0v) is 14.8. The normalized spacial score (nSPS) is 11.2. The van der Waals surface area contributed by atoms with Crippen molar-refractivity contribution < 1.29 is 0 Å². The molecule has 0 amide bonds. The zero-order chi connectivity index (χ0) is 14.4. The molecule has 3 aromatic rings. The summed E-state index contributed by atoms with van der Waals surface area (Å²) in [4.78, 5) is 11.6. The van der Waals surface area contributed by atoms with Gasteiger partial charge in [-0.2, -0.15) is 0 Å². The predicted octanol–water partition coefficient (Wildman–Crippen LogP) is 6.14. The Morgan fingerprint density at radius 2 is 1.30 bits per heavy atom. The van der Waals surface area contributed by atoms with Gasteiger partial charge in [0.25, 0.3) is 0 Å². The maximum absolute atomic E-state index is 4.81. The summed E-state index contributed by atoms with van der Waals surface area (Å²) in [7, 11) is 0. The third kappa shape index (κ3) is 2.36. The van der Waals surface area contributed by atoms with E-state index in [4.69, 9.17) is 4.98 Å². The Kier molecular flexibility index (Phi) is 3.56. The molecule has 3 rings (SSSR count). The van der Waals surface area contributed by atoms with Crippen LogP contribution in [0.3, 0.4) is 0 Å². The van der Waals surface area contributed by atoms with Crippen LogP contribution in [0.5, 0.6) is 0 Å². The Labute approximate surface area is 132 Å². The molecule has 0 unspecified atom stereocenters. The second-order valence-electron chi connectivity index (χ2n) is 5.06. The van der Waals surface area contributed by atoms with Gasteiger partial charge in [0.15, 0.2) is 0 Å². The van der Waals surface area contributed by atoms with Crippen molar-refractivity contribution in [1.29, 1.82) is 0 Å². The van der Waals surface area contributed by atoms with Gasteiger partial charge in [0.05, 0.1) is 15.6 Å². The standard InChI is InChI=1S/C16H17NS3/c1-8-6-13(10(3)18-8)15-16(20-12(5)17-15)14-7-9(2)19-11(14)4/h6-7H,1-5H3. The molecule has 0 aromatic carbocycles. The number of aryl methyl sites for hydroxylation is 5. The number of nitrogens with zero attached hydrogens (tertiary/aromatic N) is 1. The fourth-order valence-corrected chi connectivity index (χ4v) is 5.44. The molecule has 1 nitrogen and oxygen atoms in total. The van der Waals surface area contributed by atoms with Gasteiger partial charge in [-0.25, -0.2) is 4.98 Å². The van der Waals surface area contributed by atoms with E-state index in [1.54, 1.807) is 0 Å². The summed E-state index contributed by atoms with van der Waals surface area (Å²) in [5, 5.41) is 1.14. The summed E-state index contributed by atoms with van der Waals surface area (Å²) in [6, 6.07) is 4.57. The molecule has 0 radical (unpaired) electrons. The van der Waals surface area contributed by atoms with Crippen LogP contribution < -0.4 is 0 Å². The summed E-state index contributed by atoms with van der Waals surface area (Å²) in [6.45, 7) is 10.8. The Morgan fingerprint density at radius 1 is 0.750 bits per heavy atom. The molecule has 0 aliphatic rings. The van der Waals surface area contributed by atoms with Crippen LogP contribution in [0.15, 0.2) is 12.1 Å². The molecule has 104 valence electrons. The summed E-state index contributed by atoms with van der Waals surface area (Å²) in [5.74, 6) is 0. The quantitative estimate of drug-likeness (QED) is 0.552. The van der Waals surface area contributed by atoms with Gasteiger partial charge in [-0.15, -0.1) is 34.0 Å². The average Bonchev–Trinajstić information content (AvgIpc) is 2.97. The summed E-state index contributed by atoms with van der Waals surface area (Å²) in [6.07, 6.45) is 0. The number of aromatic nitrogens is 1. The van der Waals surface area contributed by atoms with Crippen molar-refractivity contribution in [2.75, 3.05) is 0 Å². The maximum atomic E-state index is 4.81. The molecule has 3 aromatic heterocycles. The molecular formula is C16H17NS3. The molecule has 0 aliphatic carbocycles. The van der Waals surface area contributed by atoms with Gasteiger partial charge < -0.3 is 0 Å². The Hall–Kier alpha value is -0.970. The first-order chi connectivity index (χ1) is 9.45. The van der Waals surface area contributed by atoms with Gasteiger partial charge in [-0.05, 0) is 46.8 Å². The van der Waals surface area contributed by atoms with E-state index in [1.165, 1.54) is 35.5 Å². The highest BCUT2D eigenvalue weighted by molar-refractivity contribution is 7.17. The largest absolute Gasteiger partial charge is 0.241 e. The fraction of sp³-hybridized carbons (Fsp3) is 0.312. The molecule has 4 heteroatoms. The second-order valence-corrected chi connectivity index (χ2v) is 9.19. The monoisotopic (exact) mass is 319 g/mol. The lowest BCUT2D eigenvalue weighted by atomic mass is 10.1. The second kappa shape index (κ2) is 5.10. The maximum Gasteiger partial charge on any atom is 0.0908 e. The molecule has 3 heterocycles. The van der Waals surface area contributed by atoms with Gasteiger partial charge in [0.1, 0.15) is 0 Å². The summed E-state index contributed by atoms with van der Waals surface area (Å²) in [5.41, 5.74) is 3.82. The highest BCUT2D eigenvalue weighted by Crippen LogP contribution is 2.43. The number of thiophene rings is 2. The molecule has 20 heavy (non-hydrogen) atoms. The van der Waals surface area contributed by atoms with Crippen LogP contribution in [0.2, 0.25) is 0 Å². The molecule has 0 saturated carbocycles. The van der Waals surface area contributed by atoms with Gasteiger partial charge in [-0.1, -0.05) is 0 Å². The van der Waals surface area contributed by atoms with Crippen LogP contribution in [-0.4, -0.2) is 4.98 Å². The van der Waals surface area contributed by atoms with Crippen LogP contribution >= 0.6 is 34.0 Å². The summed E-state index contributed by atoms with van der Waals surface area (Å²) < 4.78 is 0. The third-order valence-corrected chi connectivity index (χ3v) is 6.25. The van der Waals surface area contributed by atoms with E-state index < -0.39 is 0 Å². The topological polar surface area (TPSA) is 12.9 Å². The predicted molar refractivity (Wildman–Crippen MR) is 92.4 cm³/mol. The lowest BCUT2D eigenvalue weighted by Gasteiger charge is -2.01. The zero-order valence-electron chi connectivity index (χ0n) is 12.3. The first-order valence-electron chi connectivity index (χ1n) is 6.58. The summed E-state index contributed by atoms with van der Waals surface area (Å²) >= 11 is 5.53. The van der Waals surface area contributed by atoms with E-state index in [2.05, 4.69) is 46.8 Å². The molecule has 0 saturated heterocycles. The Balaban J connectivity index is 2.23. The first kappa shape index (κ1) is 14.0. The van der Waals surface area contributed by atoms with Crippen LogP contribution in [0, 0.1) is 34.6 Å². The van der Waals surface area contributed by atoms with Crippen LogP contribution in [-0.2, 0) is 0 Å². The molecule has 0 fully saturated rings. The van der Waals surface area contributed by atoms with E-state index in [1.807, 2.05) is 34.0 Å². The van der Waals surface area contributed by atoms with Gasteiger partial charge in [-0.3, -0.25) is 0 Å². The van der Waals surface area contributed by atoms with Crippen molar-refractivity contribution in [1.82, 2.24) is 4.98 Å². The van der Waals surface area contributed by atoms with E-state index >= 15 is 0 Å². The Morgan fingerprint density at radius 3 is 1.80 bits per heavy atom. The minimum atomic E-state index is 1.14. The Bertz CT molecular complexity index is 710. The van der Waals surface area contributed by atoms with Crippen LogP contribution in [0.4, 0.5) is 0 Å². The van der Waals surface area contributed by atoms with Crippen molar-refractivity contribution in [2.45, 2.75) is 34.6 Å². The SMILES string of the molecule is Cc1cc(-c2nc(C)sc2-c2cc(C)sc2C)c(C)s1. The lowest BCUT2D eigenvalue weighted by Crippen LogP contribution is -1.82. The van der Waals surface area contributed by atoms with Crippen molar-refractivity contribution in [3.63, 3.8) is 0 Å². The van der Waals surface area contributed by atoms with Gasteiger partial charge in [0, 0.05) is 30.6 Å². The fourth-order valence-electron chi connectivity index (χ4n) is 2.51. The van der Waals surface area contributed by atoms with Crippen molar-refractivity contribution in [3.05, 3.63) is 36.6 Å². The molecule has 0 N–H and O–H groups in total. The molecule has 0 bridgehead atoms. The van der Waals surface area contributed by atoms with E-state index in [-0.39, 0.29) is 0 Å². The first-order valence-corrected chi connectivity index (χ1v) is 9.03. The van der Waals surface area contributed by atoms with Crippen molar-refractivity contribution in [3.8, 4) is 21.7 Å². The minimum absolute atomic E-state index is 1.14. The lowest BCUT2D eigenvalue weighted by molar-refractivity contribution is 1.29. The van der Waals surface area contributed by atoms with E-state index in [9.17, 15) is 0 Å². The van der Waals surface area contributed by atoms with Crippen molar-refractivity contribution in [2.24, 2.45) is 0 Å². The smallest absolute Gasteiger partial charge is 0.0908 e. The number of hydrogen-bond acceptors (Lipinski definition) is 4. The number of rotatable bonds is 2. The van der Waals surface area contributed by atoms with Crippen LogP contribution in [0.25, 0.3) is 21.7 Å². The molecule has 0 aliphatic heterocycles. The van der Waals surface area contributed by atoms with Crippen molar-refractivity contribution >= 4 is 34.0 Å². The molecule has 0 atom stereocenters. The molecule has 0 spiro atoms. The highest BCUT2D eigenvalue weighted by Gasteiger charge is 2.18. The number of thiazole rings is 1. The van der Waals surface area contributed by atoms with Gasteiger partial charge >= 0.3 is 0 Å². The third-order valence-electron chi connectivity index (χ3n) is 3.32. The number of hydrogen-bond donors (Lipinski definition) is 0. The van der Waals surface area contributed by atoms with E-state index in [0.29, 0.717) is 0 Å². The van der Waals surface area contributed by atoms with Gasteiger partial charge in [0.2, 0.25) is 0 Å².